The van der Waals surface area contributed by atoms with E-state index in [-0.39, 0.29) is 6.54 Å². The number of nitrogens with two attached hydrogens (primary N) is 1. The Bertz CT molecular complexity index is 1010. The van der Waals surface area contributed by atoms with Gasteiger partial charge in [-0.3, -0.25) is 14.3 Å². The molecule has 2 amide bonds. The molecule has 30 heavy (non-hydrogen) atoms. The first-order valence-corrected chi connectivity index (χ1v) is 9.05. The van der Waals surface area contributed by atoms with Crippen molar-refractivity contribution in [3.05, 3.63) is 66.0 Å². The van der Waals surface area contributed by atoms with E-state index in [1.807, 2.05) is 30.3 Å². The van der Waals surface area contributed by atoms with Crippen LogP contribution in [0.15, 0.2) is 54.9 Å². The van der Waals surface area contributed by atoms with Gasteiger partial charge in [0.05, 0.1) is 26.1 Å². The quantitative estimate of drug-likeness (QED) is 0.558. The Balaban J connectivity index is 1.78. The molecule has 9 nitrogen and oxygen atoms in total. The summed E-state index contributed by atoms with van der Waals surface area (Å²) >= 11 is 0. The van der Waals surface area contributed by atoms with Gasteiger partial charge >= 0.3 is 0 Å². The van der Waals surface area contributed by atoms with Crippen LogP contribution in [0.2, 0.25) is 0 Å². The minimum atomic E-state index is -0.531. The van der Waals surface area contributed by atoms with Crippen molar-refractivity contribution in [1.82, 2.24) is 9.78 Å². The van der Waals surface area contributed by atoms with Crippen LogP contribution < -0.4 is 25.3 Å². The summed E-state index contributed by atoms with van der Waals surface area (Å²) in [6, 6.07) is 12.8. The van der Waals surface area contributed by atoms with Gasteiger partial charge in [-0.25, -0.2) is 0 Å². The zero-order valence-corrected chi connectivity index (χ0v) is 16.6. The second-order valence-corrected chi connectivity index (χ2v) is 6.33. The highest BCUT2D eigenvalue weighted by Crippen LogP contribution is 2.39. The van der Waals surface area contributed by atoms with Gasteiger partial charge in [0.2, 0.25) is 11.7 Å². The summed E-state index contributed by atoms with van der Waals surface area (Å²) in [5, 5.41) is 6.67. The Morgan fingerprint density at radius 1 is 1.10 bits per heavy atom. The number of anilines is 1. The molecule has 0 fully saturated rings. The van der Waals surface area contributed by atoms with Gasteiger partial charge in [-0.2, -0.15) is 5.10 Å². The van der Waals surface area contributed by atoms with Crippen molar-refractivity contribution in [3.8, 4) is 17.2 Å². The number of ether oxygens (including phenoxy) is 3. The molecule has 1 aromatic heterocycles. The largest absolute Gasteiger partial charge is 0.493 e. The third-order valence-electron chi connectivity index (χ3n) is 4.16. The molecular weight excluding hydrogens is 388 g/mol. The highest BCUT2D eigenvalue weighted by molar-refractivity contribution is 6.05. The maximum atomic E-state index is 12.7. The van der Waals surface area contributed by atoms with Gasteiger partial charge in [-0.1, -0.05) is 30.3 Å². The highest BCUT2D eigenvalue weighted by atomic mass is 16.5. The maximum Gasteiger partial charge on any atom is 0.256 e. The Labute approximate surface area is 173 Å². The molecule has 3 aromatic rings. The summed E-state index contributed by atoms with van der Waals surface area (Å²) in [4.78, 5) is 23.7. The summed E-state index contributed by atoms with van der Waals surface area (Å²) in [6.07, 6.45) is 2.93. The molecule has 156 valence electrons. The predicted molar refractivity (Wildman–Crippen MR) is 110 cm³/mol. The molecule has 3 N–H and O–H groups in total. The van der Waals surface area contributed by atoms with Crippen molar-refractivity contribution in [2.45, 2.75) is 13.2 Å². The number of nitrogens with zero attached hydrogens (tertiary/aromatic N) is 2. The minimum Gasteiger partial charge on any atom is -0.493 e. The van der Waals surface area contributed by atoms with E-state index in [4.69, 9.17) is 19.9 Å². The van der Waals surface area contributed by atoms with Crippen LogP contribution in [0, 0.1) is 0 Å². The van der Waals surface area contributed by atoms with Crippen LogP contribution in [-0.4, -0.2) is 35.8 Å². The number of aromatic nitrogens is 2. The van der Waals surface area contributed by atoms with Crippen molar-refractivity contribution in [2.75, 3.05) is 19.5 Å². The van der Waals surface area contributed by atoms with E-state index in [1.54, 1.807) is 12.1 Å². The third-order valence-corrected chi connectivity index (χ3v) is 4.16. The minimum absolute atomic E-state index is 0.0784. The third kappa shape index (κ3) is 5.07. The summed E-state index contributed by atoms with van der Waals surface area (Å²) in [5.74, 6) is 0.186. The standard InChI is InChI=1S/C21H22N4O5/c1-28-17-8-15(21(27)24-16-10-23-25(11-16)12-19(22)26)9-18(29-2)20(17)30-13-14-6-4-3-5-7-14/h3-11H,12-13H2,1-2H3,(H2,22,26)(H,24,27). The van der Waals surface area contributed by atoms with Gasteiger partial charge in [0.25, 0.3) is 5.91 Å². The molecule has 0 aliphatic rings. The molecule has 0 aliphatic heterocycles. The molecular formula is C21H22N4O5. The average Bonchev–Trinajstić information content (AvgIpc) is 3.18. The summed E-state index contributed by atoms with van der Waals surface area (Å²) in [7, 11) is 2.97. The number of rotatable bonds is 9. The highest BCUT2D eigenvalue weighted by Gasteiger charge is 2.18. The van der Waals surface area contributed by atoms with Gasteiger partial charge < -0.3 is 25.3 Å². The zero-order valence-electron chi connectivity index (χ0n) is 16.6. The van der Waals surface area contributed by atoms with Crippen LogP contribution in [0.5, 0.6) is 17.2 Å². The fourth-order valence-corrected chi connectivity index (χ4v) is 2.76. The van der Waals surface area contributed by atoms with Crippen molar-refractivity contribution in [3.63, 3.8) is 0 Å². The lowest BCUT2D eigenvalue weighted by molar-refractivity contribution is -0.118. The van der Waals surface area contributed by atoms with Crippen LogP contribution in [0.25, 0.3) is 0 Å². The first-order chi connectivity index (χ1) is 14.5. The number of hydrogen-bond donors (Lipinski definition) is 2. The van der Waals surface area contributed by atoms with E-state index < -0.39 is 11.8 Å². The topological polar surface area (TPSA) is 118 Å². The molecule has 0 saturated heterocycles. The number of methoxy groups -OCH3 is 2. The van der Waals surface area contributed by atoms with Gasteiger partial charge in [-0.05, 0) is 17.7 Å². The molecule has 0 saturated carbocycles. The molecule has 2 aromatic carbocycles. The van der Waals surface area contributed by atoms with E-state index in [9.17, 15) is 9.59 Å². The molecule has 1 heterocycles. The number of amides is 2. The van der Waals surface area contributed by atoms with Crippen molar-refractivity contribution in [2.24, 2.45) is 5.73 Å². The zero-order chi connectivity index (χ0) is 21.5. The van der Waals surface area contributed by atoms with Crippen LogP contribution >= 0.6 is 0 Å². The van der Waals surface area contributed by atoms with Crippen LogP contribution in [0.4, 0.5) is 5.69 Å². The van der Waals surface area contributed by atoms with Crippen LogP contribution in [0.1, 0.15) is 15.9 Å². The molecule has 9 heteroatoms. The van der Waals surface area contributed by atoms with E-state index in [1.165, 1.54) is 31.3 Å². The predicted octanol–water partition coefficient (Wildman–Crippen LogP) is 2.22. The lowest BCUT2D eigenvalue weighted by atomic mass is 10.1. The number of hydrogen-bond acceptors (Lipinski definition) is 6. The summed E-state index contributed by atoms with van der Waals surface area (Å²) in [5.41, 5.74) is 6.85. The first kappa shape index (κ1) is 20.7. The van der Waals surface area contributed by atoms with Crippen LogP contribution in [0.3, 0.4) is 0 Å². The molecule has 3 rings (SSSR count). The Kier molecular flexibility index (Phi) is 6.53. The SMILES string of the molecule is COc1cc(C(=O)Nc2cnn(CC(N)=O)c2)cc(OC)c1OCc1ccccc1. The second-order valence-electron chi connectivity index (χ2n) is 6.33. The fraction of sp³-hybridized carbons (Fsp3) is 0.190. The van der Waals surface area contributed by atoms with Gasteiger partial charge in [0.15, 0.2) is 11.5 Å². The summed E-state index contributed by atoms with van der Waals surface area (Å²) in [6.45, 7) is 0.239. The van der Waals surface area contributed by atoms with Crippen molar-refractivity contribution < 1.29 is 23.8 Å². The molecule has 0 unspecified atom stereocenters. The first-order valence-electron chi connectivity index (χ1n) is 9.05. The fourth-order valence-electron chi connectivity index (χ4n) is 2.76. The lowest BCUT2D eigenvalue weighted by Gasteiger charge is -2.16. The molecule has 0 aliphatic carbocycles. The molecule has 0 spiro atoms. The Hall–Kier alpha value is -4.01. The molecule has 0 atom stereocenters. The Morgan fingerprint density at radius 3 is 2.37 bits per heavy atom. The monoisotopic (exact) mass is 410 g/mol. The van der Waals surface area contributed by atoms with Crippen molar-refractivity contribution in [1.29, 1.82) is 0 Å². The summed E-state index contributed by atoms with van der Waals surface area (Å²) < 4.78 is 18.0. The number of primary amides is 1. The number of carbonyl (C=O) groups excluding carboxylic acids is 2. The van der Waals surface area contributed by atoms with E-state index >= 15 is 0 Å². The molecule has 0 radical (unpaired) electrons. The van der Waals surface area contributed by atoms with Gasteiger partial charge in [0, 0.05) is 11.8 Å². The molecule has 0 bridgehead atoms. The van der Waals surface area contributed by atoms with E-state index in [0.29, 0.717) is 35.1 Å². The van der Waals surface area contributed by atoms with Gasteiger partial charge in [-0.15, -0.1) is 0 Å². The van der Waals surface area contributed by atoms with E-state index in [0.717, 1.165) is 5.56 Å². The van der Waals surface area contributed by atoms with Crippen molar-refractivity contribution >= 4 is 17.5 Å². The lowest BCUT2D eigenvalue weighted by Crippen LogP contribution is -2.18. The smallest absolute Gasteiger partial charge is 0.256 e. The normalized spacial score (nSPS) is 10.3. The van der Waals surface area contributed by atoms with Gasteiger partial charge in [0.1, 0.15) is 13.2 Å². The Morgan fingerprint density at radius 2 is 1.77 bits per heavy atom. The maximum absolute atomic E-state index is 12.7. The second kappa shape index (κ2) is 9.46. The number of benzene rings is 2. The van der Waals surface area contributed by atoms with E-state index in [2.05, 4.69) is 10.4 Å². The number of nitrogens with one attached hydrogen (secondary N) is 1. The number of carbonyl (C=O) groups is 2. The average molecular weight is 410 g/mol. The van der Waals surface area contributed by atoms with Crippen LogP contribution in [-0.2, 0) is 17.9 Å².